The Morgan fingerprint density at radius 1 is 0.455 bits per heavy atom. The fourth-order valence-electron chi connectivity index (χ4n) is 7.31. The molecule has 0 heteroatoms. The summed E-state index contributed by atoms with van der Waals surface area (Å²) in [7, 11) is 0. The molecule has 7 aliphatic rings. The first kappa shape index (κ1) is 4.30. The Hall–Kier alpha value is 0. The van der Waals surface area contributed by atoms with Gasteiger partial charge in [0, 0.05) is 0 Å². The second kappa shape index (κ2) is 0.843. The van der Waals surface area contributed by atoms with Gasteiger partial charge in [0.2, 0.25) is 0 Å². The molecular formula is C11H12. The Balaban J connectivity index is 1.88. The van der Waals surface area contributed by atoms with Crippen molar-refractivity contribution >= 4 is 0 Å². The Bertz CT molecular complexity index is 277. The van der Waals surface area contributed by atoms with Crippen molar-refractivity contribution in [1.82, 2.24) is 0 Å². The second-order valence-electron chi connectivity index (χ2n) is 6.18. The van der Waals surface area contributed by atoms with Gasteiger partial charge in [-0.2, -0.15) is 0 Å². The number of hydrogen-bond donors (Lipinski definition) is 0. The van der Waals surface area contributed by atoms with E-state index in [-0.39, 0.29) is 0 Å². The van der Waals surface area contributed by atoms with E-state index in [9.17, 15) is 0 Å². The normalized spacial score (nSPS) is 100. The summed E-state index contributed by atoms with van der Waals surface area (Å²) in [4.78, 5) is 0. The van der Waals surface area contributed by atoms with Gasteiger partial charge in [-0.3, -0.25) is 0 Å². The molecule has 6 unspecified atom stereocenters. The zero-order valence-electron chi connectivity index (χ0n) is 6.48. The minimum Gasteiger partial charge on any atom is -0.0464 e. The maximum atomic E-state index is 1.70. The smallest absolute Gasteiger partial charge is 0.0312 e. The molecule has 0 saturated heterocycles. The third-order valence-corrected chi connectivity index (χ3v) is 6.83. The highest BCUT2D eigenvalue weighted by atomic mass is 15.0. The lowest BCUT2D eigenvalue weighted by Gasteiger charge is -2.48. The van der Waals surface area contributed by atoms with Crippen LogP contribution in [-0.4, -0.2) is 0 Å². The van der Waals surface area contributed by atoms with Crippen molar-refractivity contribution in [1.29, 1.82) is 0 Å². The first-order chi connectivity index (χ1) is 5.48. The van der Waals surface area contributed by atoms with Gasteiger partial charge in [0.1, 0.15) is 0 Å². The molecule has 11 heavy (non-hydrogen) atoms. The standard InChI is InChI=1S/C11H12/c1-2-4-6-3(1)7-5(2)8(4)11-9(6)10(7)11/h2-11H,1H2. The Morgan fingerprint density at radius 2 is 0.818 bits per heavy atom. The molecule has 0 aromatic heterocycles. The highest BCUT2D eigenvalue weighted by molar-refractivity contribution is 5.39. The number of rotatable bonds is 0. The van der Waals surface area contributed by atoms with Crippen LogP contribution in [0, 0.1) is 59.2 Å². The lowest BCUT2D eigenvalue weighted by molar-refractivity contribution is -0.0179. The second-order valence-corrected chi connectivity index (χ2v) is 6.18. The van der Waals surface area contributed by atoms with Crippen LogP contribution in [-0.2, 0) is 0 Å². The van der Waals surface area contributed by atoms with E-state index >= 15 is 0 Å². The molecule has 0 N–H and O–H groups in total. The molecule has 0 heterocycles. The van der Waals surface area contributed by atoms with E-state index in [1.807, 2.05) is 0 Å². The molecule has 0 amide bonds. The molecule has 2 bridgehead atoms. The largest absolute Gasteiger partial charge is 0.0464 e. The van der Waals surface area contributed by atoms with Crippen LogP contribution in [0.15, 0.2) is 0 Å². The Morgan fingerprint density at radius 3 is 1.36 bits per heavy atom. The topological polar surface area (TPSA) is 0 Å². The van der Waals surface area contributed by atoms with Crippen molar-refractivity contribution in [2.45, 2.75) is 6.42 Å². The summed E-state index contributed by atoms with van der Waals surface area (Å²) >= 11 is 0. The van der Waals surface area contributed by atoms with E-state index in [1.54, 1.807) is 6.42 Å². The van der Waals surface area contributed by atoms with Crippen LogP contribution in [0.25, 0.3) is 0 Å². The first-order valence-corrected chi connectivity index (χ1v) is 5.48. The van der Waals surface area contributed by atoms with Crippen LogP contribution in [0.1, 0.15) is 6.42 Å². The molecule has 0 nitrogen and oxygen atoms in total. The van der Waals surface area contributed by atoms with Gasteiger partial charge in [-0.1, -0.05) is 0 Å². The summed E-state index contributed by atoms with van der Waals surface area (Å²) in [5.41, 5.74) is 0. The molecule has 7 saturated carbocycles. The van der Waals surface area contributed by atoms with Crippen molar-refractivity contribution in [2.24, 2.45) is 59.2 Å². The van der Waals surface area contributed by atoms with Crippen LogP contribution in [0.3, 0.4) is 0 Å². The molecule has 0 spiro atoms. The molecule has 0 aromatic carbocycles. The summed E-state index contributed by atoms with van der Waals surface area (Å²) in [5, 5.41) is 0. The molecule has 7 fully saturated rings. The monoisotopic (exact) mass is 144 g/mol. The van der Waals surface area contributed by atoms with E-state index in [4.69, 9.17) is 0 Å². The molecule has 0 aromatic rings. The van der Waals surface area contributed by atoms with E-state index in [1.165, 1.54) is 59.2 Å². The maximum absolute atomic E-state index is 1.70. The van der Waals surface area contributed by atoms with Crippen molar-refractivity contribution in [3.8, 4) is 0 Å². The molecule has 56 valence electrons. The van der Waals surface area contributed by atoms with E-state index < -0.39 is 0 Å². The van der Waals surface area contributed by atoms with Crippen molar-refractivity contribution in [3.05, 3.63) is 0 Å². The van der Waals surface area contributed by atoms with Crippen LogP contribution in [0.2, 0.25) is 0 Å². The Labute approximate surface area is 66.4 Å². The molecule has 7 rings (SSSR count). The predicted molar refractivity (Wildman–Crippen MR) is 39.5 cm³/mol. The quantitative estimate of drug-likeness (QED) is 0.484. The van der Waals surface area contributed by atoms with Crippen LogP contribution in [0.5, 0.6) is 0 Å². The fraction of sp³-hybridized carbons (Fsp3) is 1.00. The average Bonchev–Trinajstić information content (AvgIpc) is 2.25. The van der Waals surface area contributed by atoms with Gasteiger partial charge in [-0.05, 0) is 65.6 Å². The summed E-state index contributed by atoms with van der Waals surface area (Å²) < 4.78 is 0. The average molecular weight is 144 g/mol. The predicted octanol–water partition coefficient (Wildman–Crippen LogP) is 1.62. The first-order valence-electron chi connectivity index (χ1n) is 5.48. The summed E-state index contributed by atoms with van der Waals surface area (Å²) in [6, 6.07) is 0. The van der Waals surface area contributed by atoms with E-state index in [2.05, 4.69) is 0 Å². The lowest BCUT2D eigenvalue weighted by Crippen LogP contribution is -2.45. The lowest BCUT2D eigenvalue weighted by atomic mass is 9.56. The minimum absolute atomic E-state index is 1.29. The third-order valence-electron chi connectivity index (χ3n) is 6.83. The third kappa shape index (κ3) is 0.190. The summed E-state index contributed by atoms with van der Waals surface area (Å²) in [5.74, 6) is 13.1. The molecular weight excluding hydrogens is 132 g/mol. The van der Waals surface area contributed by atoms with Gasteiger partial charge in [0.05, 0.1) is 0 Å². The van der Waals surface area contributed by atoms with Gasteiger partial charge in [0.15, 0.2) is 0 Å². The Kier molecular flexibility index (Phi) is 0.329. The van der Waals surface area contributed by atoms with Gasteiger partial charge in [0.25, 0.3) is 0 Å². The van der Waals surface area contributed by atoms with Gasteiger partial charge in [-0.15, -0.1) is 0 Å². The van der Waals surface area contributed by atoms with Crippen LogP contribution >= 0.6 is 0 Å². The molecule has 0 aliphatic heterocycles. The fourth-order valence-corrected chi connectivity index (χ4v) is 7.31. The molecule has 0 radical (unpaired) electrons. The van der Waals surface area contributed by atoms with Gasteiger partial charge < -0.3 is 0 Å². The highest BCUT2D eigenvalue weighted by Gasteiger charge is 2.92. The van der Waals surface area contributed by atoms with Gasteiger partial charge in [-0.25, -0.2) is 0 Å². The van der Waals surface area contributed by atoms with E-state index in [0.29, 0.717) is 0 Å². The summed E-state index contributed by atoms with van der Waals surface area (Å²) in [6.45, 7) is 0. The maximum Gasteiger partial charge on any atom is -0.0312 e. The highest BCUT2D eigenvalue weighted by Crippen LogP contribution is 2.96. The SMILES string of the molecule is C1C2C3C4C1C1C2C3C2C4C12. The zero-order valence-corrected chi connectivity index (χ0v) is 6.48. The minimum atomic E-state index is 1.29. The van der Waals surface area contributed by atoms with E-state index in [0.717, 1.165) is 0 Å². The zero-order chi connectivity index (χ0) is 6.48. The van der Waals surface area contributed by atoms with Crippen LogP contribution < -0.4 is 0 Å². The van der Waals surface area contributed by atoms with Crippen molar-refractivity contribution < 1.29 is 0 Å². The molecule has 7 aliphatic carbocycles. The molecule has 6 atom stereocenters. The number of hydrogen-bond acceptors (Lipinski definition) is 0. The van der Waals surface area contributed by atoms with Crippen molar-refractivity contribution in [3.63, 3.8) is 0 Å². The van der Waals surface area contributed by atoms with Gasteiger partial charge >= 0.3 is 0 Å². The van der Waals surface area contributed by atoms with Crippen LogP contribution in [0.4, 0.5) is 0 Å². The van der Waals surface area contributed by atoms with Crippen molar-refractivity contribution in [2.75, 3.05) is 0 Å². The summed E-state index contributed by atoms with van der Waals surface area (Å²) in [6.07, 6.45) is 1.70.